The first-order valence-electron chi connectivity index (χ1n) is 5.08. The number of hydrogen-bond acceptors (Lipinski definition) is 3. The van der Waals surface area contributed by atoms with Crippen molar-refractivity contribution in [1.82, 2.24) is 5.43 Å². The van der Waals surface area contributed by atoms with E-state index in [1.165, 1.54) is 4.88 Å². The summed E-state index contributed by atoms with van der Waals surface area (Å²) in [5.41, 5.74) is 4.93. The normalized spacial score (nSPS) is 12.7. The molecule has 1 aromatic heterocycles. The van der Waals surface area contributed by atoms with E-state index < -0.39 is 0 Å². The number of rotatable bonds is 3. The van der Waals surface area contributed by atoms with Crippen LogP contribution in [0.4, 0.5) is 0 Å². The third-order valence-corrected chi connectivity index (χ3v) is 4.15. The van der Waals surface area contributed by atoms with Crippen LogP contribution in [-0.4, -0.2) is 0 Å². The molecule has 0 amide bonds. The van der Waals surface area contributed by atoms with Gasteiger partial charge in [0.1, 0.15) is 0 Å². The van der Waals surface area contributed by atoms with Gasteiger partial charge in [-0.15, -0.1) is 11.3 Å². The monoisotopic (exact) mass is 286 g/mol. The number of thiophene rings is 1. The highest BCUT2D eigenvalue weighted by Crippen LogP contribution is 2.30. The Labute approximate surface area is 114 Å². The molecule has 0 fully saturated rings. The molecule has 1 atom stereocenters. The number of halogens is 2. The fourth-order valence-corrected chi connectivity index (χ4v) is 2.73. The SMILES string of the molecule is Cc1cc(C(NN)c2ccc(Cl)c(Cl)c2)cs1. The molecule has 0 spiro atoms. The van der Waals surface area contributed by atoms with Gasteiger partial charge in [0.25, 0.3) is 0 Å². The van der Waals surface area contributed by atoms with Crippen molar-refractivity contribution < 1.29 is 0 Å². The third-order valence-electron chi connectivity index (χ3n) is 2.53. The van der Waals surface area contributed by atoms with Gasteiger partial charge in [-0.1, -0.05) is 29.3 Å². The van der Waals surface area contributed by atoms with Gasteiger partial charge in [-0.2, -0.15) is 0 Å². The Kier molecular flexibility index (Phi) is 4.07. The van der Waals surface area contributed by atoms with E-state index in [-0.39, 0.29) is 6.04 Å². The lowest BCUT2D eigenvalue weighted by atomic mass is 10.0. The maximum atomic E-state index is 6.01. The summed E-state index contributed by atoms with van der Waals surface area (Å²) in [6.45, 7) is 2.07. The maximum absolute atomic E-state index is 6.01. The zero-order chi connectivity index (χ0) is 12.4. The molecule has 1 heterocycles. The second kappa shape index (κ2) is 5.38. The molecule has 0 saturated carbocycles. The van der Waals surface area contributed by atoms with Gasteiger partial charge in [-0.3, -0.25) is 5.84 Å². The molecule has 0 aliphatic heterocycles. The summed E-state index contributed by atoms with van der Waals surface area (Å²) in [6.07, 6.45) is 0. The average molecular weight is 287 g/mol. The van der Waals surface area contributed by atoms with Crippen LogP contribution in [0.5, 0.6) is 0 Å². The maximum Gasteiger partial charge on any atom is 0.0718 e. The van der Waals surface area contributed by atoms with Gasteiger partial charge in [0.05, 0.1) is 16.1 Å². The van der Waals surface area contributed by atoms with Gasteiger partial charge >= 0.3 is 0 Å². The highest BCUT2D eigenvalue weighted by molar-refractivity contribution is 7.10. The Morgan fingerprint density at radius 1 is 1.18 bits per heavy atom. The lowest BCUT2D eigenvalue weighted by Crippen LogP contribution is -2.28. The van der Waals surface area contributed by atoms with Crippen molar-refractivity contribution in [2.45, 2.75) is 13.0 Å². The predicted molar refractivity (Wildman–Crippen MR) is 74.7 cm³/mol. The van der Waals surface area contributed by atoms with E-state index in [1.807, 2.05) is 12.1 Å². The molecular weight excluding hydrogens is 275 g/mol. The Morgan fingerprint density at radius 2 is 1.94 bits per heavy atom. The molecule has 2 aromatic rings. The number of nitrogens with one attached hydrogen (secondary N) is 1. The van der Waals surface area contributed by atoms with E-state index >= 15 is 0 Å². The van der Waals surface area contributed by atoms with Crippen LogP contribution in [0.2, 0.25) is 10.0 Å². The van der Waals surface area contributed by atoms with Crippen LogP contribution in [-0.2, 0) is 0 Å². The summed E-state index contributed by atoms with van der Waals surface area (Å²) >= 11 is 13.6. The minimum absolute atomic E-state index is 0.0604. The van der Waals surface area contributed by atoms with E-state index in [9.17, 15) is 0 Å². The van der Waals surface area contributed by atoms with E-state index in [0.717, 1.165) is 11.1 Å². The van der Waals surface area contributed by atoms with Crippen molar-refractivity contribution >= 4 is 34.5 Å². The molecule has 90 valence electrons. The van der Waals surface area contributed by atoms with E-state index in [1.54, 1.807) is 17.4 Å². The van der Waals surface area contributed by atoms with Crippen molar-refractivity contribution in [3.05, 3.63) is 55.7 Å². The van der Waals surface area contributed by atoms with Crippen molar-refractivity contribution in [2.75, 3.05) is 0 Å². The van der Waals surface area contributed by atoms with Crippen molar-refractivity contribution in [3.8, 4) is 0 Å². The van der Waals surface area contributed by atoms with Crippen LogP contribution in [0.25, 0.3) is 0 Å². The number of nitrogens with two attached hydrogens (primary N) is 1. The zero-order valence-corrected chi connectivity index (χ0v) is 11.5. The molecular formula is C12H12Cl2N2S. The van der Waals surface area contributed by atoms with Gasteiger partial charge in [-0.05, 0) is 41.6 Å². The van der Waals surface area contributed by atoms with Gasteiger partial charge < -0.3 is 0 Å². The van der Waals surface area contributed by atoms with E-state index in [0.29, 0.717) is 10.0 Å². The Hall–Kier alpha value is -0.580. The molecule has 1 aromatic carbocycles. The summed E-state index contributed by atoms with van der Waals surface area (Å²) in [7, 11) is 0. The average Bonchev–Trinajstić information content (AvgIpc) is 2.71. The minimum Gasteiger partial charge on any atom is -0.271 e. The van der Waals surface area contributed by atoms with E-state index in [4.69, 9.17) is 29.0 Å². The number of hydrazine groups is 1. The first kappa shape index (κ1) is 12.9. The highest BCUT2D eigenvalue weighted by Gasteiger charge is 2.14. The zero-order valence-electron chi connectivity index (χ0n) is 9.21. The first-order valence-corrected chi connectivity index (χ1v) is 6.71. The molecule has 0 bridgehead atoms. The molecule has 0 radical (unpaired) electrons. The molecule has 17 heavy (non-hydrogen) atoms. The Balaban J connectivity index is 2.38. The van der Waals surface area contributed by atoms with Crippen LogP contribution < -0.4 is 11.3 Å². The summed E-state index contributed by atoms with van der Waals surface area (Å²) < 4.78 is 0. The molecule has 5 heteroatoms. The molecule has 1 unspecified atom stereocenters. The first-order chi connectivity index (χ1) is 8.11. The Bertz CT molecular complexity index is 525. The van der Waals surface area contributed by atoms with Crippen molar-refractivity contribution in [2.24, 2.45) is 5.84 Å². The van der Waals surface area contributed by atoms with Crippen molar-refractivity contribution in [1.29, 1.82) is 0 Å². The van der Waals surface area contributed by atoms with Crippen LogP contribution in [0, 0.1) is 6.92 Å². The van der Waals surface area contributed by atoms with Crippen molar-refractivity contribution in [3.63, 3.8) is 0 Å². The second-order valence-corrected chi connectivity index (χ2v) is 5.69. The van der Waals surface area contributed by atoms with Crippen LogP contribution in [0.15, 0.2) is 29.6 Å². The predicted octanol–water partition coefficient (Wildman–Crippen LogP) is 3.92. The quantitative estimate of drug-likeness (QED) is 0.663. The standard InChI is InChI=1S/C12H12Cl2N2S/c1-7-4-9(6-17-7)12(16-15)8-2-3-10(13)11(14)5-8/h2-6,12,16H,15H2,1H3. The summed E-state index contributed by atoms with van der Waals surface area (Å²) in [5, 5.41) is 3.17. The lowest BCUT2D eigenvalue weighted by molar-refractivity contribution is 0.638. The molecule has 0 aliphatic rings. The molecule has 0 aliphatic carbocycles. The number of benzene rings is 1. The summed E-state index contributed by atoms with van der Waals surface area (Å²) in [5.74, 6) is 5.61. The van der Waals surface area contributed by atoms with Gasteiger partial charge in [0.2, 0.25) is 0 Å². The van der Waals surface area contributed by atoms with Gasteiger partial charge in [0.15, 0.2) is 0 Å². The largest absolute Gasteiger partial charge is 0.271 e. The molecule has 0 saturated heterocycles. The Morgan fingerprint density at radius 3 is 2.47 bits per heavy atom. The molecule has 3 N–H and O–H groups in total. The number of hydrogen-bond donors (Lipinski definition) is 2. The second-order valence-electron chi connectivity index (χ2n) is 3.76. The fraction of sp³-hybridized carbons (Fsp3) is 0.167. The van der Waals surface area contributed by atoms with E-state index in [2.05, 4.69) is 23.8 Å². The smallest absolute Gasteiger partial charge is 0.0718 e. The lowest BCUT2D eigenvalue weighted by Gasteiger charge is -2.15. The topological polar surface area (TPSA) is 38.0 Å². The summed E-state index contributed by atoms with van der Waals surface area (Å²) in [4.78, 5) is 1.25. The molecule has 2 nitrogen and oxygen atoms in total. The summed E-state index contributed by atoms with van der Waals surface area (Å²) in [6, 6.07) is 7.59. The van der Waals surface area contributed by atoms with Gasteiger partial charge in [0, 0.05) is 4.88 Å². The highest BCUT2D eigenvalue weighted by atomic mass is 35.5. The fourth-order valence-electron chi connectivity index (χ4n) is 1.69. The number of aryl methyl sites for hydroxylation is 1. The molecule has 2 rings (SSSR count). The van der Waals surface area contributed by atoms with Gasteiger partial charge in [-0.25, -0.2) is 5.43 Å². The van der Waals surface area contributed by atoms with Crippen LogP contribution >= 0.6 is 34.5 Å². The minimum atomic E-state index is -0.0604. The third kappa shape index (κ3) is 2.81. The van der Waals surface area contributed by atoms with Crippen LogP contribution in [0.3, 0.4) is 0 Å². The van der Waals surface area contributed by atoms with Crippen LogP contribution in [0.1, 0.15) is 22.0 Å².